The van der Waals surface area contributed by atoms with Gasteiger partial charge in [0.25, 0.3) is 5.91 Å². The van der Waals surface area contributed by atoms with Crippen LogP contribution in [-0.4, -0.2) is 70.6 Å². The minimum absolute atomic E-state index is 0.0648. The average molecular weight is 451 g/mol. The second-order valence-corrected chi connectivity index (χ2v) is 7.72. The normalized spacial score (nSPS) is 15.9. The summed E-state index contributed by atoms with van der Waals surface area (Å²) < 4.78 is 19.6. The van der Waals surface area contributed by atoms with Gasteiger partial charge in [0.1, 0.15) is 11.6 Å². The van der Waals surface area contributed by atoms with E-state index in [-0.39, 0.29) is 30.1 Å². The maximum atomic E-state index is 14.3. The fourth-order valence-corrected chi connectivity index (χ4v) is 3.48. The molecule has 12 heteroatoms. The van der Waals surface area contributed by atoms with E-state index in [2.05, 4.69) is 52.7 Å². The summed E-state index contributed by atoms with van der Waals surface area (Å²) in [4.78, 5) is 33.0. The third-order valence-electron chi connectivity index (χ3n) is 5.30. The standard InChI is InChI=1S/C21H22FN9O2/c1-30-6-8-31(9-7-30)17-5-2-13(10-23-17)25-21-24-11-14(22)19(29-21)26-16-4-3-15-20(27-16)28-18(32)12-33-15/h2-5,10-11H,6-9,12H2,1H3,(H3,24,25,26,27,28,29,32). The number of amides is 1. The van der Waals surface area contributed by atoms with Crippen molar-refractivity contribution in [3.05, 3.63) is 42.5 Å². The number of pyridine rings is 2. The highest BCUT2D eigenvalue weighted by Gasteiger charge is 2.18. The molecule has 2 aliphatic heterocycles. The molecule has 0 bridgehead atoms. The summed E-state index contributed by atoms with van der Waals surface area (Å²) in [5, 5.41) is 8.45. The van der Waals surface area contributed by atoms with Crippen LogP contribution in [0.15, 0.2) is 36.7 Å². The van der Waals surface area contributed by atoms with E-state index in [0.29, 0.717) is 17.3 Å². The first-order valence-electron chi connectivity index (χ1n) is 10.4. The van der Waals surface area contributed by atoms with Gasteiger partial charge in [-0.2, -0.15) is 4.98 Å². The van der Waals surface area contributed by atoms with E-state index in [1.807, 2.05) is 12.1 Å². The molecule has 1 fully saturated rings. The second-order valence-electron chi connectivity index (χ2n) is 7.72. The lowest BCUT2D eigenvalue weighted by molar-refractivity contribution is -0.118. The molecule has 0 atom stereocenters. The number of hydrogen-bond acceptors (Lipinski definition) is 10. The van der Waals surface area contributed by atoms with Gasteiger partial charge in [0.15, 0.2) is 29.8 Å². The molecule has 5 heterocycles. The zero-order valence-corrected chi connectivity index (χ0v) is 17.9. The van der Waals surface area contributed by atoms with Crippen LogP contribution in [0.5, 0.6) is 5.75 Å². The summed E-state index contributed by atoms with van der Waals surface area (Å²) >= 11 is 0. The topological polar surface area (TPSA) is 120 Å². The predicted octanol–water partition coefficient (Wildman–Crippen LogP) is 1.98. The molecule has 1 amide bonds. The molecule has 3 aromatic rings. The minimum atomic E-state index is -0.649. The Morgan fingerprint density at radius 2 is 1.88 bits per heavy atom. The molecule has 2 aliphatic rings. The Kier molecular flexibility index (Phi) is 5.57. The van der Waals surface area contributed by atoms with Gasteiger partial charge >= 0.3 is 0 Å². The molecule has 5 rings (SSSR count). The summed E-state index contributed by atoms with van der Waals surface area (Å²) in [5.41, 5.74) is 0.678. The number of aromatic nitrogens is 4. The van der Waals surface area contributed by atoms with Gasteiger partial charge in [-0.1, -0.05) is 0 Å². The number of nitrogens with one attached hydrogen (secondary N) is 3. The summed E-state index contributed by atoms with van der Waals surface area (Å²) in [7, 11) is 2.11. The van der Waals surface area contributed by atoms with E-state index in [4.69, 9.17) is 4.74 Å². The molecule has 3 aromatic heterocycles. The quantitative estimate of drug-likeness (QED) is 0.531. The third-order valence-corrected chi connectivity index (χ3v) is 5.30. The fraction of sp³-hybridized carbons (Fsp3) is 0.286. The molecular weight excluding hydrogens is 429 g/mol. The van der Waals surface area contributed by atoms with Gasteiger partial charge in [-0.05, 0) is 31.3 Å². The van der Waals surface area contributed by atoms with Gasteiger partial charge in [-0.25, -0.2) is 19.3 Å². The van der Waals surface area contributed by atoms with Crippen LogP contribution in [0.4, 0.5) is 39.3 Å². The van der Waals surface area contributed by atoms with Gasteiger partial charge in [0.05, 0.1) is 18.1 Å². The number of rotatable bonds is 5. The van der Waals surface area contributed by atoms with Crippen LogP contribution >= 0.6 is 0 Å². The Bertz CT molecular complexity index is 1170. The Balaban J connectivity index is 1.28. The third kappa shape index (κ3) is 4.75. The summed E-state index contributed by atoms with van der Waals surface area (Å²) in [6.45, 7) is 3.79. The number of halogens is 1. The zero-order chi connectivity index (χ0) is 22.8. The Hall–Kier alpha value is -4.06. The number of carbonyl (C=O) groups is 1. The monoisotopic (exact) mass is 451 g/mol. The van der Waals surface area contributed by atoms with Crippen LogP contribution < -0.4 is 25.6 Å². The SMILES string of the molecule is CN1CCN(c2ccc(Nc3ncc(F)c(Nc4ccc5c(n4)NC(=O)CO5)n3)cn2)CC1. The van der Waals surface area contributed by atoms with E-state index < -0.39 is 5.82 Å². The molecule has 33 heavy (non-hydrogen) atoms. The van der Waals surface area contributed by atoms with E-state index in [0.717, 1.165) is 38.2 Å². The predicted molar refractivity (Wildman–Crippen MR) is 121 cm³/mol. The van der Waals surface area contributed by atoms with Crippen molar-refractivity contribution in [2.24, 2.45) is 0 Å². The van der Waals surface area contributed by atoms with Crippen molar-refractivity contribution in [2.45, 2.75) is 0 Å². The first-order valence-corrected chi connectivity index (χ1v) is 10.4. The molecule has 0 aromatic carbocycles. The lowest BCUT2D eigenvalue weighted by atomic mass is 10.3. The molecule has 170 valence electrons. The van der Waals surface area contributed by atoms with Gasteiger partial charge < -0.3 is 30.5 Å². The van der Waals surface area contributed by atoms with Crippen molar-refractivity contribution in [1.82, 2.24) is 24.8 Å². The number of fused-ring (bicyclic) bond motifs is 1. The summed E-state index contributed by atoms with van der Waals surface area (Å²) in [6.07, 6.45) is 2.76. The maximum Gasteiger partial charge on any atom is 0.263 e. The lowest BCUT2D eigenvalue weighted by Gasteiger charge is -2.33. The van der Waals surface area contributed by atoms with Crippen LogP contribution in [0.1, 0.15) is 0 Å². The lowest BCUT2D eigenvalue weighted by Crippen LogP contribution is -2.44. The molecule has 0 saturated carbocycles. The Labute approximate surface area is 189 Å². The molecule has 11 nitrogen and oxygen atoms in total. The van der Waals surface area contributed by atoms with Crippen LogP contribution in [0.2, 0.25) is 0 Å². The molecule has 3 N–H and O–H groups in total. The number of piperazine rings is 1. The van der Waals surface area contributed by atoms with Crippen LogP contribution in [0.25, 0.3) is 0 Å². The van der Waals surface area contributed by atoms with E-state index in [9.17, 15) is 9.18 Å². The van der Waals surface area contributed by atoms with Crippen LogP contribution in [0.3, 0.4) is 0 Å². The van der Waals surface area contributed by atoms with Crippen LogP contribution in [0, 0.1) is 5.82 Å². The van der Waals surface area contributed by atoms with Gasteiger partial charge in [0, 0.05) is 26.2 Å². The molecular formula is C21H22FN9O2. The number of ether oxygens (including phenoxy) is 1. The van der Waals surface area contributed by atoms with Gasteiger partial charge in [-0.15, -0.1) is 0 Å². The Morgan fingerprint density at radius 3 is 2.67 bits per heavy atom. The first-order chi connectivity index (χ1) is 16.0. The van der Waals surface area contributed by atoms with E-state index >= 15 is 0 Å². The summed E-state index contributed by atoms with van der Waals surface area (Å²) in [6, 6.07) is 7.06. The highest BCUT2D eigenvalue weighted by Crippen LogP contribution is 2.28. The summed E-state index contributed by atoms with van der Waals surface area (Å²) in [5.74, 6) is 1.08. The molecule has 0 aliphatic carbocycles. The maximum absolute atomic E-state index is 14.3. The minimum Gasteiger partial charge on any atom is -0.480 e. The highest BCUT2D eigenvalue weighted by molar-refractivity contribution is 5.94. The van der Waals surface area contributed by atoms with Crippen molar-refractivity contribution < 1.29 is 13.9 Å². The molecule has 1 saturated heterocycles. The van der Waals surface area contributed by atoms with Crippen molar-refractivity contribution in [3.63, 3.8) is 0 Å². The molecule has 0 unspecified atom stereocenters. The van der Waals surface area contributed by atoms with E-state index in [1.54, 1.807) is 18.3 Å². The van der Waals surface area contributed by atoms with Gasteiger partial charge in [0.2, 0.25) is 5.95 Å². The van der Waals surface area contributed by atoms with E-state index in [1.165, 1.54) is 0 Å². The van der Waals surface area contributed by atoms with Crippen molar-refractivity contribution in [3.8, 4) is 5.75 Å². The van der Waals surface area contributed by atoms with Crippen molar-refractivity contribution in [2.75, 3.05) is 60.7 Å². The average Bonchev–Trinajstić information content (AvgIpc) is 2.82. The first kappa shape index (κ1) is 20.8. The second kappa shape index (κ2) is 8.82. The van der Waals surface area contributed by atoms with Gasteiger partial charge in [-0.3, -0.25) is 4.79 Å². The largest absolute Gasteiger partial charge is 0.480 e. The fourth-order valence-electron chi connectivity index (χ4n) is 3.48. The smallest absolute Gasteiger partial charge is 0.263 e. The number of anilines is 6. The number of likely N-dealkylation sites (N-methyl/N-ethyl adjacent to an activating group) is 1. The zero-order valence-electron chi connectivity index (χ0n) is 17.9. The molecule has 0 spiro atoms. The number of carbonyl (C=O) groups excluding carboxylic acids is 1. The molecule has 0 radical (unpaired) electrons. The number of hydrogen-bond donors (Lipinski definition) is 3. The highest BCUT2D eigenvalue weighted by atomic mass is 19.1. The Morgan fingerprint density at radius 1 is 1.03 bits per heavy atom. The number of nitrogens with zero attached hydrogens (tertiary/aromatic N) is 6. The van der Waals surface area contributed by atoms with Crippen molar-refractivity contribution in [1.29, 1.82) is 0 Å². The van der Waals surface area contributed by atoms with Crippen molar-refractivity contribution >= 4 is 40.8 Å². The van der Waals surface area contributed by atoms with Crippen LogP contribution in [-0.2, 0) is 4.79 Å².